The highest BCUT2D eigenvalue weighted by molar-refractivity contribution is 7.22. The molecule has 1 fully saturated rings. The van der Waals surface area contributed by atoms with Crippen LogP contribution in [0.2, 0.25) is 0 Å². The first-order valence-electron chi connectivity index (χ1n) is 9.87. The summed E-state index contributed by atoms with van der Waals surface area (Å²) in [7, 11) is 7.29. The van der Waals surface area contributed by atoms with E-state index in [2.05, 4.69) is 20.4 Å². The molecule has 1 aliphatic heterocycles. The summed E-state index contributed by atoms with van der Waals surface area (Å²) in [5, 5.41) is 6.05. The zero-order valence-electron chi connectivity index (χ0n) is 17.7. The Balaban J connectivity index is 1.51. The monoisotopic (exact) mass is 469 g/mol. The molecule has 1 aromatic carbocycles. The van der Waals surface area contributed by atoms with Crippen molar-refractivity contribution in [2.24, 2.45) is 0 Å². The minimum absolute atomic E-state index is 0.0912. The summed E-state index contributed by atoms with van der Waals surface area (Å²) in [6.07, 6.45) is -3.16. The van der Waals surface area contributed by atoms with E-state index < -0.39 is 12.3 Å². The zero-order chi connectivity index (χ0) is 23.5. The lowest BCUT2D eigenvalue weighted by atomic mass is 9.88. The van der Waals surface area contributed by atoms with Crippen molar-refractivity contribution in [1.82, 2.24) is 20.0 Å². The van der Waals surface area contributed by atoms with E-state index in [1.807, 2.05) is 6.92 Å². The Morgan fingerprint density at radius 3 is 2.69 bits per heavy atom. The van der Waals surface area contributed by atoms with Crippen molar-refractivity contribution in [2.45, 2.75) is 31.7 Å². The maximum Gasteiger partial charge on any atom is 0.573 e. The zero-order valence-corrected chi connectivity index (χ0v) is 18.5. The lowest BCUT2D eigenvalue weighted by Gasteiger charge is -2.39. The van der Waals surface area contributed by atoms with Crippen LogP contribution in [-0.2, 0) is 9.59 Å². The quantitative estimate of drug-likeness (QED) is 0.605. The largest absolute Gasteiger partial charge is 0.573 e. The summed E-state index contributed by atoms with van der Waals surface area (Å²) in [5.41, 5.74) is 0.231. The molecule has 2 N–H and O–H groups in total. The molecule has 0 unspecified atom stereocenters. The molecule has 1 aromatic heterocycles. The smallest absolute Gasteiger partial charge is 0.406 e. The molecule has 1 aliphatic rings. The highest BCUT2D eigenvalue weighted by Crippen LogP contribution is 2.31. The molecule has 1 saturated heterocycles. The average Bonchev–Trinajstić information content (AvgIpc) is 3.08. The van der Waals surface area contributed by atoms with E-state index in [1.165, 1.54) is 24.1 Å². The molecule has 172 valence electrons. The Morgan fingerprint density at radius 1 is 1.34 bits per heavy atom. The Kier molecular flexibility index (Phi) is 7.30. The van der Waals surface area contributed by atoms with Gasteiger partial charge < -0.3 is 25.1 Å². The fourth-order valence-electron chi connectivity index (χ4n) is 3.24. The molecule has 32 heavy (non-hydrogen) atoms. The number of carbonyl (C=O) groups excluding carboxylic acids is 2. The Hall–Kier alpha value is -2.38. The summed E-state index contributed by atoms with van der Waals surface area (Å²) >= 11 is 1.01. The Morgan fingerprint density at radius 2 is 2.03 bits per heavy atom. The summed E-state index contributed by atoms with van der Waals surface area (Å²) in [6, 6.07) is 3.73. The minimum atomic E-state index is -4.79. The van der Waals surface area contributed by atoms with Gasteiger partial charge >= 0.3 is 6.36 Å². The second-order valence-electron chi connectivity index (χ2n) is 7.94. The molecular formula is C19H23BF3N5O3S. The van der Waals surface area contributed by atoms with Crippen LogP contribution in [0.4, 0.5) is 18.3 Å². The lowest BCUT2D eigenvalue weighted by molar-refractivity contribution is -0.274. The van der Waals surface area contributed by atoms with Gasteiger partial charge in [-0.15, -0.1) is 13.2 Å². The van der Waals surface area contributed by atoms with Crippen LogP contribution < -0.4 is 15.4 Å². The second-order valence-corrected chi connectivity index (χ2v) is 8.98. The van der Waals surface area contributed by atoms with Crippen LogP contribution in [0.25, 0.3) is 10.2 Å². The van der Waals surface area contributed by atoms with Gasteiger partial charge in [0.05, 0.1) is 23.3 Å². The van der Waals surface area contributed by atoms with Crippen molar-refractivity contribution in [3.8, 4) is 5.75 Å². The number of hydrogen-bond donors (Lipinski definition) is 2. The molecule has 2 amide bonds. The van der Waals surface area contributed by atoms with E-state index in [0.717, 1.165) is 43.3 Å². The number of nitrogens with zero attached hydrogens (tertiary/aromatic N) is 3. The fourth-order valence-corrected chi connectivity index (χ4v) is 4.15. The predicted octanol–water partition coefficient (Wildman–Crippen LogP) is 2.12. The first-order valence-corrected chi connectivity index (χ1v) is 10.7. The van der Waals surface area contributed by atoms with Gasteiger partial charge in [-0.25, -0.2) is 4.98 Å². The number of carbonyl (C=O) groups is 2. The number of aromatic nitrogens is 1. The van der Waals surface area contributed by atoms with E-state index >= 15 is 0 Å². The van der Waals surface area contributed by atoms with Crippen molar-refractivity contribution >= 4 is 46.5 Å². The Labute approximate surface area is 188 Å². The van der Waals surface area contributed by atoms with E-state index in [1.54, 1.807) is 4.81 Å². The first kappa shape index (κ1) is 24.3. The Bertz CT molecular complexity index is 979. The standard InChI is InChI=1S/C19H23BF3N5O3S/c1-18(5-7-28(20)8-6-18)24-10-16(30)27(2)11-15(29)26-17-25-13-4-3-12(9-14(13)32-17)31-19(21,22)23/h3-4,9,24H,5-8,10-11H2,1-2H3,(H,25,26,29). The molecule has 8 nitrogen and oxygen atoms in total. The molecule has 13 heteroatoms. The number of benzene rings is 1. The molecular weight excluding hydrogens is 446 g/mol. The van der Waals surface area contributed by atoms with Crippen LogP contribution in [0.3, 0.4) is 0 Å². The van der Waals surface area contributed by atoms with Crippen LogP contribution in [-0.4, -0.2) is 79.6 Å². The molecule has 0 spiro atoms. The number of alkyl halides is 3. The SMILES string of the molecule is [B]N1CCC(C)(NCC(=O)N(C)CC(=O)Nc2nc3ccc(OC(F)(F)F)cc3s2)CC1. The van der Waals surface area contributed by atoms with Gasteiger partial charge in [-0.1, -0.05) is 11.3 Å². The van der Waals surface area contributed by atoms with Crippen LogP contribution in [0.5, 0.6) is 5.75 Å². The normalized spacial score (nSPS) is 16.7. The van der Waals surface area contributed by atoms with Crippen molar-refractivity contribution in [3.63, 3.8) is 0 Å². The molecule has 0 atom stereocenters. The van der Waals surface area contributed by atoms with Crippen molar-refractivity contribution in [3.05, 3.63) is 18.2 Å². The number of rotatable bonds is 7. The highest BCUT2D eigenvalue weighted by Gasteiger charge is 2.31. The number of thiazole rings is 1. The number of amides is 2. The van der Waals surface area contributed by atoms with E-state index in [4.69, 9.17) is 7.98 Å². The van der Waals surface area contributed by atoms with E-state index in [9.17, 15) is 22.8 Å². The molecule has 0 saturated carbocycles. The van der Waals surface area contributed by atoms with Gasteiger partial charge in [0.15, 0.2) is 13.1 Å². The van der Waals surface area contributed by atoms with E-state index in [-0.39, 0.29) is 35.4 Å². The summed E-state index contributed by atoms with van der Waals surface area (Å²) in [4.78, 5) is 31.9. The fraction of sp³-hybridized carbons (Fsp3) is 0.526. The number of ether oxygens (including phenoxy) is 1. The molecule has 2 aromatic rings. The summed E-state index contributed by atoms with van der Waals surface area (Å²) < 4.78 is 41.4. The minimum Gasteiger partial charge on any atom is -0.406 e. The molecule has 0 bridgehead atoms. The maximum absolute atomic E-state index is 12.4. The van der Waals surface area contributed by atoms with Crippen LogP contribution >= 0.6 is 11.3 Å². The molecule has 0 aliphatic carbocycles. The van der Waals surface area contributed by atoms with Crippen LogP contribution in [0.15, 0.2) is 18.2 Å². The number of anilines is 1. The van der Waals surface area contributed by atoms with Crippen LogP contribution in [0.1, 0.15) is 19.8 Å². The van der Waals surface area contributed by atoms with Gasteiger partial charge in [0, 0.05) is 18.7 Å². The van der Waals surface area contributed by atoms with Gasteiger partial charge in [-0.05, 0) is 45.0 Å². The number of piperidine rings is 1. The van der Waals surface area contributed by atoms with Crippen molar-refractivity contribution in [2.75, 3.05) is 38.5 Å². The van der Waals surface area contributed by atoms with Crippen molar-refractivity contribution in [1.29, 1.82) is 0 Å². The second kappa shape index (κ2) is 9.63. The molecule has 2 heterocycles. The third-order valence-corrected chi connectivity index (χ3v) is 6.15. The van der Waals surface area contributed by atoms with Gasteiger partial charge in [-0.3, -0.25) is 9.59 Å². The van der Waals surface area contributed by atoms with E-state index in [0.29, 0.717) is 10.2 Å². The first-order chi connectivity index (χ1) is 14.9. The number of halogens is 3. The average molecular weight is 469 g/mol. The topological polar surface area (TPSA) is 86.8 Å². The number of likely N-dealkylation sites (N-methyl/N-ethyl adjacent to an activating group) is 1. The maximum atomic E-state index is 12.4. The summed E-state index contributed by atoms with van der Waals surface area (Å²) in [6.45, 7) is 3.42. The number of nitrogens with one attached hydrogen (secondary N) is 2. The van der Waals surface area contributed by atoms with Gasteiger partial charge in [-0.2, -0.15) is 0 Å². The van der Waals surface area contributed by atoms with Crippen LogP contribution in [0, 0.1) is 0 Å². The van der Waals surface area contributed by atoms with Gasteiger partial charge in [0.25, 0.3) is 0 Å². The van der Waals surface area contributed by atoms with Gasteiger partial charge in [0.1, 0.15) is 5.75 Å². The predicted molar refractivity (Wildman–Crippen MR) is 116 cm³/mol. The molecule has 3 rings (SSSR count). The molecule has 2 radical (unpaired) electrons. The third-order valence-electron chi connectivity index (χ3n) is 5.21. The highest BCUT2D eigenvalue weighted by atomic mass is 32.1. The van der Waals surface area contributed by atoms with Gasteiger partial charge in [0.2, 0.25) is 11.8 Å². The summed E-state index contributed by atoms with van der Waals surface area (Å²) in [5.74, 6) is -1.07. The van der Waals surface area contributed by atoms with Crippen molar-refractivity contribution < 1.29 is 27.5 Å². The number of fused-ring (bicyclic) bond motifs is 1. The number of hydrogen-bond acceptors (Lipinski definition) is 7. The third kappa shape index (κ3) is 6.81. The lowest BCUT2D eigenvalue weighted by Crippen LogP contribution is -2.53.